The fourth-order valence-electron chi connectivity index (χ4n) is 2.40. The highest BCUT2D eigenvalue weighted by Gasteiger charge is 2.15. The van der Waals surface area contributed by atoms with Gasteiger partial charge in [-0.15, -0.1) is 0 Å². The zero-order valence-electron chi connectivity index (χ0n) is 14.5. The van der Waals surface area contributed by atoms with Gasteiger partial charge in [-0.1, -0.05) is 29.8 Å². The van der Waals surface area contributed by atoms with Crippen molar-refractivity contribution in [3.05, 3.63) is 59.1 Å². The Balaban J connectivity index is 1.95. The molecule has 0 fully saturated rings. The molecule has 26 heavy (non-hydrogen) atoms. The summed E-state index contributed by atoms with van der Waals surface area (Å²) in [6.45, 7) is 1.85. The van der Waals surface area contributed by atoms with Crippen LogP contribution in [0, 0.1) is 0 Å². The number of hydrogen-bond acceptors (Lipinski definition) is 5. The molecule has 2 rings (SSSR count). The summed E-state index contributed by atoms with van der Waals surface area (Å²) in [5.74, 6) is 0.137. The molecule has 140 valence electrons. The standard InChI is InChI=1S/C19H21ClO5S/c1-2-24-19(21)14-25-18-8-4-3-6-15(18)7-5-13-26(22,23)17-11-9-16(20)10-12-17/h3-4,6,8-12H,2,5,7,13-14H2,1H3. The number of para-hydroxylation sites is 1. The van der Waals surface area contributed by atoms with Gasteiger partial charge in [-0.05, 0) is 55.7 Å². The number of esters is 1. The number of aryl methyl sites for hydroxylation is 1. The number of rotatable bonds is 9. The molecule has 0 amide bonds. The highest BCUT2D eigenvalue weighted by Crippen LogP contribution is 2.21. The number of ether oxygens (including phenoxy) is 2. The number of hydrogen-bond donors (Lipinski definition) is 0. The van der Waals surface area contributed by atoms with Crippen molar-refractivity contribution < 1.29 is 22.7 Å². The van der Waals surface area contributed by atoms with Gasteiger partial charge in [0.15, 0.2) is 16.4 Å². The molecule has 0 atom stereocenters. The summed E-state index contributed by atoms with van der Waals surface area (Å²) >= 11 is 5.79. The molecule has 0 aromatic heterocycles. The molecule has 5 nitrogen and oxygen atoms in total. The van der Waals surface area contributed by atoms with Gasteiger partial charge in [0.2, 0.25) is 0 Å². The van der Waals surface area contributed by atoms with Crippen molar-refractivity contribution in [3.8, 4) is 5.75 Å². The second-order valence-corrected chi connectivity index (χ2v) is 8.12. The molecule has 0 aliphatic carbocycles. The molecule has 0 saturated heterocycles. The van der Waals surface area contributed by atoms with Crippen molar-refractivity contribution in [1.82, 2.24) is 0 Å². The van der Waals surface area contributed by atoms with Crippen molar-refractivity contribution in [1.29, 1.82) is 0 Å². The van der Waals surface area contributed by atoms with Gasteiger partial charge in [-0.3, -0.25) is 0 Å². The number of halogens is 1. The number of benzene rings is 2. The van der Waals surface area contributed by atoms with E-state index in [-0.39, 0.29) is 17.3 Å². The van der Waals surface area contributed by atoms with Crippen LogP contribution in [0.3, 0.4) is 0 Å². The molecule has 2 aromatic rings. The molecule has 0 saturated carbocycles. The Hall–Kier alpha value is -2.05. The van der Waals surface area contributed by atoms with Gasteiger partial charge in [0.1, 0.15) is 5.75 Å². The first-order chi connectivity index (χ1) is 12.4. The number of carbonyl (C=O) groups is 1. The molecule has 0 N–H and O–H groups in total. The van der Waals surface area contributed by atoms with Gasteiger partial charge in [-0.25, -0.2) is 13.2 Å². The van der Waals surface area contributed by atoms with Crippen LogP contribution >= 0.6 is 11.6 Å². The molecular weight excluding hydrogens is 376 g/mol. The Labute approximate surface area is 158 Å². The fourth-order valence-corrected chi connectivity index (χ4v) is 3.84. The summed E-state index contributed by atoms with van der Waals surface area (Å²) < 4.78 is 35.1. The predicted molar refractivity (Wildman–Crippen MR) is 100 cm³/mol. The summed E-state index contributed by atoms with van der Waals surface area (Å²) in [6.07, 6.45) is 0.955. The highest BCUT2D eigenvalue weighted by molar-refractivity contribution is 7.91. The number of carbonyl (C=O) groups excluding carboxylic acids is 1. The van der Waals surface area contributed by atoms with Gasteiger partial charge in [-0.2, -0.15) is 0 Å². The Morgan fingerprint density at radius 1 is 1.08 bits per heavy atom. The fraction of sp³-hybridized carbons (Fsp3) is 0.316. The third-order valence-electron chi connectivity index (χ3n) is 3.66. The average Bonchev–Trinajstić information content (AvgIpc) is 2.61. The minimum atomic E-state index is -3.37. The minimum Gasteiger partial charge on any atom is -0.482 e. The summed E-state index contributed by atoms with van der Waals surface area (Å²) in [4.78, 5) is 11.7. The van der Waals surface area contributed by atoms with Crippen LogP contribution in [-0.4, -0.2) is 33.4 Å². The molecule has 0 unspecified atom stereocenters. The van der Waals surface area contributed by atoms with Crippen molar-refractivity contribution in [2.45, 2.75) is 24.7 Å². The smallest absolute Gasteiger partial charge is 0.344 e. The van der Waals surface area contributed by atoms with E-state index in [2.05, 4.69) is 0 Å². The summed E-state index contributed by atoms with van der Waals surface area (Å²) in [7, 11) is -3.37. The van der Waals surface area contributed by atoms with Crippen LogP contribution in [0.25, 0.3) is 0 Å². The molecular formula is C19H21ClO5S. The first-order valence-electron chi connectivity index (χ1n) is 8.27. The van der Waals surface area contributed by atoms with Crippen LogP contribution in [0.4, 0.5) is 0 Å². The van der Waals surface area contributed by atoms with E-state index in [4.69, 9.17) is 21.1 Å². The third kappa shape index (κ3) is 6.04. The molecule has 7 heteroatoms. The maximum atomic E-state index is 12.4. The molecule has 0 aliphatic heterocycles. The third-order valence-corrected chi connectivity index (χ3v) is 5.72. The van der Waals surface area contributed by atoms with Crippen LogP contribution in [0.2, 0.25) is 5.02 Å². The van der Waals surface area contributed by atoms with E-state index in [1.807, 2.05) is 12.1 Å². The first kappa shape index (κ1) is 20.3. The van der Waals surface area contributed by atoms with Gasteiger partial charge in [0.05, 0.1) is 17.3 Å². The Kier molecular flexibility index (Phi) is 7.48. The van der Waals surface area contributed by atoms with E-state index in [0.29, 0.717) is 30.2 Å². The Morgan fingerprint density at radius 2 is 1.77 bits per heavy atom. The highest BCUT2D eigenvalue weighted by atomic mass is 35.5. The van der Waals surface area contributed by atoms with Gasteiger partial charge in [0.25, 0.3) is 0 Å². The molecule has 0 spiro atoms. The van der Waals surface area contributed by atoms with Crippen molar-refractivity contribution in [2.75, 3.05) is 19.0 Å². The zero-order valence-corrected chi connectivity index (χ0v) is 16.1. The molecule has 2 aromatic carbocycles. The lowest BCUT2D eigenvalue weighted by molar-refractivity contribution is -0.145. The van der Waals surface area contributed by atoms with Crippen LogP contribution in [0.5, 0.6) is 5.75 Å². The molecule has 0 radical (unpaired) electrons. The van der Waals surface area contributed by atoms with E-state index in [1.165, 1.54) is 12.1 Å². The van der Waals surface area contributed by atoms with Crippen LogP contribution < -0.4 is 4.74 Å². The van der Waals surface area contributed by atoms with Crippen molar-refractivity contribution in [3.63, 3.8) is 0 Å². The van der Waals surface area contributed by atoms with Gasteiger partial charge >= 0.3 is 5.97 Å². The quantitative estimate of drug-likeness (QED) is 0.604. The first-order valence-corrected chi connectivity index (χ1v) is 10.3. The Bertz CT molecular complexity index is 831. The summed E-state index contributed by atoms with van der Waals surface area (Å²) in [5, 5.41) is 0.497. The van der Waals surface area contributed by atoms with E-state index in [1.54, 1.807) is 31.2 Å². The van der Waals surface area contributed by atoms with Crippen molar-refractivity contribution >= 4 is 27.4 Å². The predicted octanol–water partition coefficient (Wildman–Crippen LogP) is 3.69. The second-order valence-electron chi connectivity index (χ2n) is 5.58. The minimum absolute atomic E-state index is 0.0147. The van der Waals surface area contributed by atoms with Crippen LogP contribution in [0.1, 0.15) is 18.9 Å². The maximum Gasteiger partial charge on any atom is 0.344 e. The average molecular weight is 397 g/mol. The lowest BCUT2D eigenvalue weighted by atomic mass is 10.1. The van der Waals surface area contributed by atoms with Gasteiger partial charge in [0, 0.05) is 5.02 Å². The van der Waals surface area contributed by atoms with Crippen LogP contribution in [0.15, 0.2) is 53.4 Å². The zero-order chi connectivity index (χ0) is 19.0. The van der Waals surface area contributed by atoms with Crippen LogP contribution in [-0.2, 0) is 25.8 Å². The lowest BCUT2D eigenvalue weighted by Gasteiger charge is -2.11. The maximum absolute atomic E-state index is 12.4. The van der Waals surface area contributed by atoms with E-state index in [9.17, 15) is 13.2 Å². The van der Waals surface area contributed by atoms with E-state index in [0.717, 1.165) is 5.56 Å². The lowest BCUT2D eigenvalue weighted by Crippen LogP contribution is -2.15. The largest absolute Gasteiger partial charge is 0.482 e. The summed E-state index contributed by atoms with van der Waals surface area (Å²) in [6, 6.07) is 13.4. The molecule has 0 heterocycles. The molecule has 0 aliphatic rings. The van der Waals surface area contributed by atoms with E-state index >= 15 is 0 Å². The second kappa shape index (κ2) is 9.59. The van der Waals surface area contributed by atoms with Gasteiger partial charge < -0.3 is 9.47 Å². The Morgan fingerprint density at radius 3 is 2.46 bits per heavy atom. The SMILES string of the molecule is CCOC(=O)COc1ccccc1CCCS(=O)(=O)c1ccc(Cl)cc1. The molecule has 0 bridgehead atoms. The normalized spacial score (nSPS) is 11.2. The summed E-state index contributed by atoms with van der Waals surface area (Å²) in [5.41, 5.74) is 0.850. The number of sulfone groups is 1. The topological polar surface area (TPSA) is 69.7 Å². The monoisotopic (exact) mass is 396 g/mol. The van der Waals surface area contributed by atoms with E-state index < -0.39 is 15.8 Å². The van der Waals surface area contributed by atoms with Crippen molar-refractivity contribution in [2.24, 2.45) is 0 Å².